The van der Waals surface area contributed by atoms with Crippen LogP contribution in [0.1, 0.15) is 0 Å². The van der Waals surface area contributed by atoms with Crippen molar-refractivity contribution in [3.8, 4) is 0 Å². The van der Waals surface area contributed by atoms with Crippen LogP contribution in [-0.4, -0.2) is 9.38 Å². The Morgan fingerprint density at radius 1 is 0.692 bits per heavy atom. The average molecular weight is 353 g/mol. The monoisotopic (exact) mass is 352 g/mol. The van der Waals surface area contributed by atoms with Crippen LogP contribution in [0.4, 0.5) is 0 Å². The number of nitrogens with zero attached hydrogens (tertiary/aromatic N) is 2. The van der Waals surface area contributed by atoms with E-state index in [4.69, 9.17) is 16.6 Å². The Morgan fingerprint density at radius 2 is 1.54 bits per heavy atom. The second-order valence-electron chi connectivity index (χ2n) is 6.63. The Balaban J connectivity index is 2.05. The number of pyridine rings is 1. The largest absolute Gasteiger partial charge is 0.292 e. The topological polar surface area (TPSA) is 17.3 Å². The van der Waals surface area contributed by atoms with E-state index in [0.29, 0.717) is 0 Å². The van der Waals surface area contributed by atoms with Crippen molar-refractivity contribution in [2.75, 3.05) is 0 Å². The van der Waals surface area contributed by atoms with Crippen LogP contribution in [-0.2, 0) is 0 Å². The van der Waals surface area contributed by atoms with E-state index in [2.05, 4.69) is 71.1 Å². The van der Waals surface area contributed by atoms with Gasteiger partial charge >= 0.3 is 0 Å². The van der Waals surface area contributed by atoms with Gasteiger partial charge in [0.2, 0.25) is 0 Å². The van der Waals surface area contributed by atoms with Crippen LogP contribution in [0.25, 0.3) is 49.1 Å². The molecule has 122 valence electrons. The van der Waals surface area contributed by atoms with Gasteiger partial charge in [0.15, 0.2) is 0 Å². The third-order valence-corrected chi connectivity index (χ3v) is 5.43. The van der Waals surface area contributed by atoms with E-state index in [9.17, 15) is 0 Å². The van der Waals surface area contributed by atoms with Crippen LogP contribution in [0.2, 0.25) is 5.02 Å². The summed E-state index contributed by atoms with van der Waals surface area (Å²) in [5.41, 5.74) is 4.23. The minimum atomic E-state index is 0.746. The fourth-order valence-corrected chi connectivity index (χ4v) is 4.27. The molecule has 6 aromatic rings. The van der Waals surface area contributed by atoms with Gasteiger partial charge in [-0.05, 0) is 47.2 Å². The summed E-state index contributed by atoms with van der Waals surface area (Å²) in [6, 6.07) is 27.2. The molecule has 0 bridgehead atoms. The van der Waals surface area contributed by atoms with Crippen molar-refractivity contribution in [2.45, 2.75) is 0 Å². The van der Waals surface area contributed by atoms with Gasteiger partial charge in [0, 0.05) is 21.2 Å². The third kappa shape index (κ3) is 1.74. The lowest BCUT2D eigenvalue weighted by Gasteiger charge is -2.12. The van der Waals surface area contributed by atoms with Gasteiger partial charge in [-0.3, -0.25) is 4.40 Å². The highest BCUT2D eigenvalue weighted by atomic mass is 35.5. The fourth-order valence-electron chi connectivity index (χ4n) is 4.10. The Morgan fingerprint density at radius 3 is 2.50 bits per heavy atom. The Bertz CT molecular complexity index is 1490. The molecule has 0 aliphatic carbocycles. The van der Waals surface area contributed by atoms with Crippen molar-refractivity contribution < 1.29 is 0 Å². The van der Waals surface area contributed by atoms with Crippen LogP contribution in [0, 0.1) is 0 Å². The van der Waals surface area contributed by atoms with Crippen molar-refractivity contribution in [3.63, 3.8) is 0 Å². The van der Waals surface area contributed by atoms with Gasteiger partial charge in [-0.2, -0.15) is 0 Å². The van der Waals surface area contributed by atoms with Gasteiger partial charge in [0.1, 0.15) is 5.65 Å². The van der Waals surface area contributed by atoms with E-state index in [-0.39, 0.29) is 0 Å². The zero-order valence-corrected chi connectivity index (χ0v) is 14.5. The van der Waals surface area contributed by atoms with E-state index in [1.165, 1.54) is 16.2 Å². The summed E-state index contributed by atoms with van der Waals surface area (Å²) in [6.07, 6.45) is 0. The number of fused-ring (bicyclic) bond motifs is 10. The normalized spacial score (nSPS) is 12.0. The molecular weight excluding hydrogens is 340 g/mol. The third-order valence-electron chi connectivity index (χ3n) is 5.20. The van der Waals surface area contributed by atoms with Crippen molar-refractivity contribution in [1.29, 1.82) is 0 Å². The molecular formula is C23H13ClN2. The Kier molecular flexibility index (Phi) is 2.69. The minimum Gasteiger partial charge on any atom is -0.292 e. The van der Waals surface area contributed by atoms with Crippen molar-refractivity contribution in [1.82, 2.24) is 9.38 Å². The number of rotatable bonds is 0. The van der Waals surface area contributed by atoms with Gasteiger partial charge < -0.3 is 0 Å². The molecule has 6 rings (SSSR count). The van der Waals surface area contributed by atoms with Crippen molar-refractivity contribution in [2.24, 2.45) is 0 Å². The van der Waals surface area contributed by atoms with E-state index in [1.54, 1.807) is 0 Å². The molecule has 0 saturated carbocycles. The molecule has 0 aliphatic heterocycles. The molecule has 4 aromatic carbocycles. The van der Waals surface area contributed by atoms with E-state index in [0.717, 1.165) is 38.0 Å². The maximum Gasteiger partial charge on any atom is 0.146 e. The number of hydrogen-bond acceptors (Lipinski definition) is 1. The molecule has 0 radical (unpaired) electrons. The quantitative estimate of drug-likeness (QED) is 0.281. The molecule has 3 heteroatoms. The fraction of sp³-hybridized carbons (Fsp3) is 0. The first-order valence-electron chi connectivity index (χ1n) is 8.61. The van der Waals surface area contributed by atoms with Gasteiger partial charge in [0.25, 0.3) is 0 Å². The number of hydrogen-bond donors (Lipinski definition) is 0. The van der Waals surface area contributed by atoms with Crippen molar-refractivity contribution >= 4 is 60.7 Å². The van der Waals surface area contributed by atoms with Gasteiger partial charge in [-0.1, -0.05) is 54.1 Å². The first-order chi connectivity index (χ1) is 12.8. The molecule has 2 aromatic heterocycles. The smallest absolute Gasteiger partial charge is 0.146 e. The second kappa shape index (κ2) is 4.96. The molecule has 26 heavy (non-hydrogen) atoms. The van der Waals surface area contributed by atoms with Crippen LogP contribution < -0.4 is 0 Å². The first kappa shape index (κ1) is 14.1. The average Bonchev–Trinajstić information content (AvgIpc) is 3.07. The molecule has 0 amide bonds. The zero-order chi connectivity index (χ0) is 17.3. The highest BCUT2D eigenvalue weighted by molar-refractivity contribution is 6.32. The maximum absolute atomic E-state index is 6.39. The maximum atomic E-state index is 6.39. The molecule has 0 N–H and O–H groups in total. The van der Waals surface area contributed by atoms with Crippen LogP contribution in [0.15, 0.2) is 78.9 Å². The van der Waals surface area contributed by atoms with Gasteiger partial charge in [-0.25, -0.2) is 4.98 Å². The van der Waals surface area contributed by atoms with Crippen LogP contribution >= 0.6 is 11.6 Å². The lowest BCUT2D eigenvalue weighted by molar-refractivity contribution is 1.32. The molecule has 0 unspecified atom stereocenters. The number of aromatic nitrogens is 2. The van der Waals surface area contributed by atoms with E-state index in [1.807, 2.05) is 12.1 Å². The summed E-state index contributed by atoms with van der Waals surface area (Å²) in [5, 5.41) is 6.71. The summed E-state index contributed by atoms with van der Waals surface area (Å²) in [5.74, 6) is 0. The Labute approximate surface area is 154 Å². The molecule has 0 spiro atoms. The summed E-state index contributed by atoms with van der Waals surface area (Å²) in [4.78, 5) is 4.95. The molecule has 2 heterocycles. The Hall–Kier alpha value is -3.10. The molecule has 0 fully saturated rings. The van der Waals surface area contributed by atoms with Crippen LogP contribution in [0.3, 0.4) is 0 Å². The molecule has 2 nitrogen and oxygen atoms in total. The van der Waals surface area contributed by atoms with Crippen LogP contribution in [0.5, 0.6) is 0 Å². The summed E-state index contributed by atoms with van der Waals surface area (Å²) in [7, 11) is 0. The highest BCUT2D eigenvalue weighted by Crippen LogP contribution is 2.37. The van der Waals surface area contributed by atoms with E-state index < -0.39 is 0 Å². The number of halogens is 1. The highest BCUT2D eigenvalue weighted by Gasteiger charge is 2.15. The predicted molar refractivity (Wildman–Crippen MR) is 110 cm³/mol. The first-order valence-corrected chi connectivity index (χ1v) is 8.99. The summed E-state index contributed by atoms with van der Waals surface area (Å²) < 4.78 is 2.25. The van der Waals surface area contributed by atoms with Gasteiger partial charge in [-0.15, -0.1) is 0 Å². The lowest BCUT2D eigenvalue weighted by Crippen LogP contribution is -1.92. The minimum absolute atomic E-state index is 0.746. The lowest BCUT2D eigenvalue weighted by atomic mass is 9.99. The number of benzene rings is 4. The zero-order valence-electron chi connectivity index (χ0n) is 13.8. The summed E-state index contributed by atoms with van der Waals surface area (Å²) in [6.45, 7) is 0. The van der Waals surface area contributed by atoms with E-state index >= 15 is 0 Å². The molecule has 0 aliphatic rings. The SMILES string of the molecule is Clc1ccc2c(c1)c1c3ccccc3ccc1c1nc3ccccc3n21. The molecule has 0 atom stereocenters. The number of imidazole rings is 1. The number of para-hydroxylation sites is 2. The standard InChI is InChI=1S/C23H13ClN2/c24-15-10-12-20-18(13-15)22-16-6-2-1-5-14(16)9-11-17(22)23-25-19-7-3-4-8-21(19)26(20)23/h1-13H. The summed E-state index contributed by atoms with van der Waals surface area (Å²) >= 11 is 6.39. The second-order valence-corrected chi connectivity index (χ2v) is 7.07. The predicted octanol–water partition coefficient (Wildman–Crippen LogP) is 6.60. The van der Waals surface area contributed by atoms with Crippen molar-refractivity contribution in [3.05, 3.63) is 83.9 Å². The molecule has 0 saturated heterocycles. The van der Waals surface area contributed by atoms with Gasteiger partial charge in [0.05, 0.1) is 16.6 Å².